The van der Waals surface area contributed by atoms with Gasteiger partial charge in [0.05, 0.1) is 6.04 Å². The molecule has 0 saturated carbocycles. The second-order valence-electron chi connectivity index (χ2n) is 7.11. The summed E-state index contributed by atoms with van der Waals surface area (Å²) < 4.78 is -0.439. The molecular formula is C24H23NOS. The number of hydrogen-bond donors (Lipinski definition) is 0. The molecule has 2 unspecified atom stereocenters. The summed E-state index contributed by atoms with van der Waals surface area (Å²) in [7, 11) is 0. The molecule has 3 aromatic rings. The minimum atomic E-state index is -0.439. The number of thioether (sulfide) groups is 1. The van der Waals surface area contributed by atoms with Crippen LogP contribution >= 0.6 is 11.8 Å². The van der Waals surface area contributed by atoms with Gasteiger partial charge in [-0.05, 0) is 23.6 Å². The maximum Gasteiger partial charge on any atom is 0.241 e. The van der Waals surface area contributed by atoms with Crippen LogP contribution in [-0.4, -0.2) is 15.6 Å². The Bertz CT molecular complexity index is 897. The summed E-state index contributed by atoms with van der Waals surface area (Å²) in [6.07, 6.45) is 0. The zero-order valence-corrected chi connectivity index (χ0v) is 16.2. The van der Waals surface area contributed by atoms with Gasteiger partial charge in [0.2, 0.25) is 5.91 Å². The lowest BCUT2D eigenvalue weighted by molar-refractivity contribution is -0.152. The molecule has 1 aliphatic heterocycles. The Balaban J connectivity index is 1.59. The second-order valence-corrected chi connectivity index (χ2v) is 8.54. The molecular weight excluding hydrogens is 350 g/mol. The first-order valence-corrected chi connectivity index (χ1v) is 10.2. The highest BCUT2D eigenvalue weighted by atomic mass is 32.2. The van der Waals surface area contributed by atoms with Crippen molar-refractivity contribution in [3.63, 3.8) is 0 Å². The fraction of sp³-hybridized carbons (Fsp3) is 0.208. The molecule has 0 aromatic heterocycles. The Labute approximate surface area is 165 Å². The van der Waals surface area contributed by atoms with E-state index in [1.165, 1.54) is 16.7 Å². The van der Waals surface area contributed by atoms with E-state index in [2.05, 4.69) is 67.6 Å². The SMILES string of the molecule is CC1(SCc2ccccc2)C(=O)N(Cc2ccccc2)C1c1ccccc1. The van der Waals surface area contributed by atoms with Gasteiger partial charge in [0.1, 0.15) is 4.75 Å². The summed E-state index contributed by atoms with van der Waals surface area (Å²) in [6.45, 7) is 2.75. The molecule has 1 aliphatic rings. The predicted octanol–water partition coefficient (Wildman–Crippen LogP) is 5.46. The van der Waals surface area contributed by atoms with Crippen LogP contribution < -0.4 is 0 Å². The maximum absolute atomic E-state index is 13.2. The maximum atomic E-state index is 13.2. The van der Waals surface area contributed by atoms with Crippen LogP contribution in [0.3, 0.4) is 0 Å². The van der Waals surface area contributed by atoms with E-state index in [1.54, 1.807) is 11.8 Å². The Morgan fingerprint density at radius 3 is 1.93 bits per heavy atom. The van der Waals surface area contributed by atoms with E-state index in [4.69, 9.17) is 0 Å². The average Bonchev–Trinajstić information content (AvgIpc) is 2.74. The highest BCUT2D eigenvalue weighted by Gasteiger charge is 2.58. The Kier molecular flexibility index (Phi) is 5.04. The topological polar surface area (TPSA) is 20.3 Å². The van der Waals surface area contributed by atoms with E-state index in [-0.39, 0.29) is 11.9 Å². The van der Waals surface area contributed by atoms with Gasteiger partial charge < -0.3 is 4.90 Å². The third-order valence-corrected chi connectivity index (χ3v) is 6.69. The number of rotatable bonds is 6. The molecule has 1 heterocycles. The summed E-state index contributed by atoms with van der Waals surface area (Å²) in [4.78, 5) is 15.2. The molecule has 3 heteroatoms. The molecule has 0 radical (unpaired) electrons. The molecule has 1 saturated heterocycles. The molecule has 1 fully saturated rings. The summed E-state index contributed by atoms with van der Waals surface area (Å²) in [5.41, 5.74) is 3.63. The van der Waals surface area contributed by atoms with Crippen LogP contribution in [-0.2, 0) is 17.1 Å². The quantitative estimate of drug-likeness (QED) is 0.535. The molecule has 27 heavy (non-hydrogen) atoms. The highest BCUT2D eigenvalue weighted by molar-refractivity contribution is 8.00. The van der Waals surface area contributed by atoms with Gasteiger partial charge >= 0.3 is 0 Å². The molecule has 0 spiro atoms. The third-order valence-electron chi connectivity index (χ3n) is 5.21. The van der Waals surface area contributed by atoms with E-state index in [1.807, 2.05) is 35.2 Å². The van der Waals surface area contributed by atoms with Gasteiger partial charge in [0.25, 0.3) is 0 Å². The first-order valence-electron chi connectivity index (χ1n) is 9.26. The third kappa shape index (κ3) is 3.52. The smallest absolute Gasteiger partial charge is 0.241 e. The summed E-state index contributed by atoms with van der Waals surface area (Å²) in [5.74, 6) is 1.06. The van der Waals surface area contributed by atoms with Crippen molar-refractivity contribution in [1.82, 2.24) is 4.90 Å². The van der Waals surface area contributed by atoms with Gasteiger partial charge in [0.15, 0.2) is 0 Å². The van der Waals surface area contributed by atoms with Crippen LogP contribution in [0.5, 0.6) is 0 Å². The van der Waals surface area contributed by atoms with E-state index < -0.39 is 4.75 Å². The number of amides is 1. The van der Waals surface area contributed by atoms with Crippen LogP contribution in [0.25, 0.3) is 0 Å². The highest BCUT2D eigenvalue weighted by Crippen LogP contribution is 2.53. The molecule has 0 N–H and O–H groups in total. The molecule has 0 bridgehead atoms. The van der Waals surface area contributed by atoms with Gasteiger partial charge in [-0.15, -0.1) is 11.8 Å². The lowest BCUT2D eigenvalue weighted by Crippen LogP contribution is -2.64. The van der Waals surface area contributed by atoms with Crippen LogP contribution in [0.2, 0.25) is 0 Å². The van der Waals surface area contributed by atoms with Crippen LogP contribution in [0.1, 0.15) is 29.7 Å². The van der Waals surface area contributed by atoms with Crippen LogP contribution in [0, 0.1) is 0 Å². The lowest BCUT2D eigenvalue weighted by atomic mass is 9.82. The van der Waals surface area contributed by atoms with Crippen molar-refractivity contribution in [1.29, 1.82) is 0 Å². The molecule has 3 aromatic carbocycles. The average molecular weight is 374 g/mol. The van der Waals surface area contributed by atoms with Gasteiger partial charge in [-0.25, -0.2) is 0 Å². The van der Waals surface area contributed by atoms with Crippen molar-refractivity contribution in [3.05, 3.63) is 108 Å². The van der Waals surface area contributed by atoms with E-state index >= 15 is 0 Å². The Hall–Kier alpha value is -2.52. The number of carbonyl (C=O) groups is 1. The van der Waals surface area contributed by atoms with E-state index in [9.17, 15) is 4.79 Å². The molecule has 0 aliphatic carbocycles. The number of β-lactam (4-membered cyclic amide) rings is 1. The first kappa shape index (κ1) is 17.9. The molecule has 2 nitrogen and oxygen atoms in total. The van der Waals surface area contributed by atoms with Crippen molar-refractivity contribution in [3.8, 4) is 0 Å². The fourth-order valence-electron chi connectivity index (χ4n) is 3.78. The molecule has 2 atom stereocenters. The van der Waals surface area contributed by atoms with Crippen molar-refractivity contribution >= 4 is 17.7 Å². The number of hydrogen-bond acceptors (Lipinski definition) is 2. The van der Waals surface area contributed by atoms with Crippen molar-refractivity contribution in [2.75, 3.05) is 0 Å². The Morgan fingerprint density at radius 2 is 1.33 bits per heavy atom. The predicted molar refractivity (Wildman–Crippen MR) is 112 cm³/mol. The van der Waals surface area contributed by atoms with Gasteiger partial charge in [-0.2, -0.15) is 0 Å². The number of benzene rings is 3. The zero-order valence-electron chi connectivity index (χ0n) is 15.4. The molecule has 4 rings (SSSR count). The zero-order chi connectivity index (χ0) is 18.7. The summed E-state index contributed by atoms with van der Waals surface area (Å²) in [6, 6.07) is 31.1. The lowest BCUT2D eigenvalue weighted by Gasteiger charge is -2.54. The number of carbonyl (C=O) groups excluding carboxylic acids is 1. The minimum Gasteiger partial charge on any atom is -0.328 e. The largest absolute Gasteiger partial charge is 0.328 e. The van der Waals surface area contributed by atoms with Crippen LogP contribution in [0.4, 0.5) is 0 Å². The van der Waals surface area contributed by atoms with Crippen molar-refractivity contribution in [2.24, 2.45) is 0 Å². The van der Waals surface area contributed by atoms with Gasteiger partial charge in [0, 0.05) is 12.3 Å². The van der Waals surface area contributed by atoms with Crippen LogP contribution in [0.15, 0.2) is 91.0 Å². The minimum absolute atomic E-state index is 0.0834. The summed E-state index contributed by atoms with van der Waals surface area (Å²) >= 11 is 1.75. The number of likely N-dealkylation sites (tertiary alicyclic amines) is 1. The molecule has 1 amide bonds. The molecule has 136 valence electrons. The normalized spacial score (nSPS) is 21.7. The van der Waals surface area contributed by atoms with Crippen molar-refractivity contribution in [2.45, 2.75) is 30.0 Å². The number of nitrogens with zero attached hydrogens (tertiary/aromatic N) is 1. The fourth-order valence-corrected chi connectivity index (χ4v) is 5.10. The Morgan fingerprint density at radius 1 is 0.815 bits per heavy atom. The first-order chi connectivity index (χ1) is 13.2. The van der Waals surface area contributed by atoms with Crippen molar-refractivity contribution < 1.29 is 4.79 Å². The van der Waals surface area contributed by atoms with E-state index in [0.717, 1.165) is 5.75 Å². The van der Waals surface area contributed by atoms with E-state index in [0.29, 0.717) is 6.54 Å². The standard InChI is InChI=1S/C24H23NOS/c1-24(27-18-20-13-7-3-8-14-20)22(21-15-9-4-10-16-21)25(23(24)26)17-19-11-5-2-6-12-19/h2-16,22H,17-18H2,1H3. The monoisotopic (exact) mass is 373 g/mol. The summed E-state index contributed by atoms with van der Waals surface area (Å²) in [5, 5.41) is 0. The van der Waals surface area contributed by atoms with Gasteiger partial charge in [-0.3, -0.25) is 4.79 Å². The van der Waals surface area contributed by atoms with Gasteiger partial charge in [-0.1, -0.05) is 91.0 Å². The second kappa shape index (κ2) is 7.61.